The van der Waals surface area contributed by atoms with Gasteiger partial charge in [-0.1, -0.05) is 54.1 Å². The highest BCUT2D eigenvalue weighted by Gasteiger charge is 2.25. The molecule has 2 aromatic carbocycles. The van der Waals surface area contributed by atoms with Crippen LogP contribution < -0.4 is 5.32 Å². The predicted molar refractivity (Wildman–Crippen MR) is 108 cm³/mol. The van der Waals surface area contributed by atoms with Crippen molar-refractivity contribution in [2.24, 2.45) is 0 Å². The fourth-order valence-corrected chi connectivity index (χ4v) is 3.61. The maximum atomic E-state index is 12.8. The number of carbonyl (C=O) groups is 2. The fraction of sp³-hybridized carbons (Fsp3) is 0.300. The van der Waals surface area contributed by atoms with Gasteiger partial charge in [0.25, 0.3) is 0 Å². The van der Waals surface area contributed by atoms with E-state index in [-0.39, 0.29) is 11.8 Å². The Balaban J connectivity index is 2.01. The Kier molecular flexibility index (Phi) is 8.01. The second-order valence-corrected chi connectivity index (χ2v) is 7.34. The van der Waals surface area contributed by atoms with Crippen molar-refractivity contribution in [3.8, 4) is 0 Å². The second kappa shape index (κ2) is 10.2. The first kappa shape index (κ1) is 20.3. The number of thioether (sulfide) groups is 1. The van der Waals surface area contributed by atoms with Crippen LogP contribution in [-0.4, -0.2) is 35.6 Å². The quantitative estimate of drug-likeness (QED) is 0.747. The summed E-state index contributed by atoms with van der Waals surface area (Å²) in [4.78, 5) is 26.4. The molecule has 0 aliphatic rings. The normalized spacial score (nSPS) is 11.7. The molecule has 0 heterocycles. The number of hydrogen-bond acceptors (Lipinski definition) is 3. The smallest absolute Gasteiger partial charge is 0.242 e. The molecule has 0 bridgehead atoms. The Morgan fingerprint density at radius 1 is 1.12 bits per heavy atom. The van der Waals surface area contributed by atoms with Gasteiger partial charge >= 0.3 is 0 Å². The minimum absolute atomic E-state index is 0.0584. The molecule has 0 radical (unpaired) electrons. The highest BCUT2D eigenvalue weighted by atomic mass is 35.5. The largest absolute Gasteiger partial charge is 0.357 e. The van der Waals surface area contributed by atoms with E-state index in [1.54, 1.807) is 18.9 Å². The van der Waals surface area contributed by atoms with Crippen molar-refractivity contribution in [3.63, 3.8) is 0 Å². The number of hydrogen-bond donors (Lipinski definition) is 1. The molecule has 1 atom stereocenters. The molecule has 0 saturated heterocycles. The van der Waals surface area contributed by atoms with Gasteiger partial charge in [0, 0.05) is 24.4 Å². The van der Waals surface area contributed by atoms with E-state index < -0.39 is 6.04 Å². The number of nitrogens with zero attached hydrogens (tertiary/aromatic N) is 1. The van der Waals surface area contributed by atoms with Crippen LogP contribution in [0.2, 0.25) is 5.02 Å². The fourth-order valence-electron chi connectivity index (χ4n) is 2.54. The van der Waals surface area contributed by atoms with Gasteiger partial charge in [0.15, 0.2) is 0 Å². The van der Waals surface area contributed by atoms with Crippen molar-refractivity contribution in [3.05, 3.63) is 70.7 Å². The van der Waals surface area contributed by atoms with Crippen molar-refractivity contribution >= 4 is 35.2 Å². The Morgan fingerprint density at radius 3 is 2.46 bits per heavy atom. The van der Waals surface area contributed by atoms with Gasteiger partial charge in [0.2, 0.25) is 11.8 Å². The molecular formula is C20H23ClN2O2S. The van der Waals surface area contributed by atoms with Crippen molar-refractivity contribution in [1.82, 2.24) is 10.2 Å². The third-order valence-electron chi connectivity index (χ3n) is 3.99. The highest BCUT2D eigenvalue weighted by Crippen LogP contribution is 2.18. The topological polar surface area (TPSA) is 49.4 Å². The Labute approximate surface area is 163 Å². The molecule has 4 nitrogen and oxygen atoms in total. The zero-order chi connectivity index (χ0) is 18.9. The Bertz CT molecular complexity index is 740. The lowest BCUT2D eigenvalue weighted by atomic mass is 10.1. The van der Waals surface area contributed by atoms with E-state index in [4.69, 9.17) is 11.6 Å². The summed E-state index contributed by atoms with van der Waals surface area (Å²) in [6.07, 6.45) is 0. The highest BCUT2D eigenvalue weighted by molar-refractivity contribution is 7.99. The molecular weight excluding hydrogens is 368 g/mol. The van der Waals surface area contributed by atoms with Gasteiger partial charge in [-0.2, -0.15) is 0 Å². The lowest BCUT2D eigenvalue weighted by molar-refractivity contribution is -0.138. The molecule has 0 spiro atoms. The molecule has 2 amide bonds. The van der Waals surface area contributed by atoms with Crippen LogP contribution in [0.3, 0.4) is 0 Å². The maximum Gasteiger partial charge on any atom is 0.242 e. The summed E-state index contributed by atoms with van der Waals surface area (Å²) in [5, 5.41) is 3.31. The molecule has 26 heavy (non-hydrogen) atoms. The third kappa shape index (κ3) is 6.07. The molecule has 2 rings (SSSR count). The van der Waals surface area contributed by atoms with Gasteiger partial charge in [-0.15, -0.1) is 11.8 Å². The van der Waals surface area contributed by atoms with Gasteiger partial charge in [0.05, 0.1) is 5.75 Å². The van der Waals surface area contributed by atoms with Crippen molar-refractivity contribution < 1.29 is 9.59 Å². The summed E-state index contributed by atoms with van der Waals surface area (Å²) in [6, 6.07) is 16.8. The van der Waals surface area contributed by atoms with Gasteiger partial charge in [-0.3, -0.25) is 9.59 Å². The van der Waals surface area contributed by atoms with E-state index in [0.29, 0.717) is 23.1 Å². The van der Waals surface area contributed by atoms with Gasteiger partial charge in [0.1, 0.15) is 6.04 Å². The van der Waals surface area contributed by atoms with E-state index in [9.17, 15) is 9.59 Å². The van der Waals surface area contributed by atoms with Gasteiger partial charge < -0.3 is 10.2 Å². The minimum atomic E-state index is -0.528. The van der Waals surface area contributed by atoms with Crippen LogP contribution in [0.15, 0.2) is 54.6 Å². The van der Waals surface area contributed by atoms with E-state index in [2.05, 4.69) is 5.32 Å². The van der Waals surface area contributed by atoms with E-state index in [1.165, 1.54) is 11.8 Å². The first-order valence-corrected chi connectivity index (χ1v) is 9.91. The van der Waals surface area contributed by atoms with E-state index >= 15 is 0 Å². The van der Waals surface area contributed by atoms with Crippen LogP contribution in [-0.2, 0) is 21.9 Å². The molecule has 0 aliphatic carbocycles. The molecule has 0 aromatic heterocycles. The standard InChI is InChI=1S/C20H23ClN2O2S/c1-15(20(25)22-2)23(12-16-7-4-3-5-8-16)19(24)14-26-13-17-9-6-10-18(21)11-17/h3-11,15H,12-14H2,1-2H3,(H,22,25)/t15-/m1/s1. The lowest BCUT2D eigenvalue weighted by Crippen LogP contribution is -2.47. The van der Waals surface area contributed by atoms with Crippen molar-refractivity contribution in [1.29, 1.82) is 0 Å². The number of carbonyl (C=O) groups excluding carboxylic acids is 2. The lowest BCUT2D eigenvalue weighted by Gasteiger charge is -2.28. The van der Waals surface area contributed by atoms with Gasteiger partial charge in [-0.05, 0) is 30.2 Å². The number of likely N-dealkylation sites (N-methyl/N-ethyl adjacent to an activating group) is 1. The minimum Gasteiger partial charge on any atom is -0.357 e. The molecule has 138 valence electrons. The zero-order valence-corrected chi connectivity index (χ0v) is 16.5. The Morgan fingerprint density at radius 2 is 1.81 bits per heavy atom. The third-order valence-corrected chi connectivity index (χ3v) is 5.22. The Hall–Kier alpha value is -1.98. The maximum absolute atomic E-state index is 12.8. The SMILES string of the molecule is CNC(=O)[C@@H](C)N(Cc1ccccc1)C(=O)CSCc1cccc(Cl)c1. The zero-order valence-electron chi connectivity index (χ0n) is 14.9. The van der Waals surface area contributed by atoms with Crippen LogP contribution in [0.1, 0.15) is 18.1 Å². The van der Waals surface area contributed by atoms with Crippen molar-refractivity contribution in [2.75, 3.05) is 12.8 Å². The van der Waals surface area contributed by atoms with Crippen LogP contribution in [0, 0.1) is 0 Å². The molecule has 0 fully saturated rings. The summed E-state index contributed by atoms with van der Waals surface area (Å²) in [5.41, 5.74) is 2.07. The summed E-state index contributed by atoms with van der Waals surface area (Å²) in [6.45, 7) is 2.16. The molecule has 1 N–H and O–H groups in total. The second-order valence-electron chi connectivity index (χ2n) is 5.92. The van der Waals surface area contributed by atoms with Crippen LogP contribution in [0.4, 0.5) is 0 Å². The van der Waals surface area contributed by atoms with Crippen molar-refractivity contribution in [2.45, 2.75) is 25.3 Å². The summed E-state index contributed by atoms with van der Waals surface area (Å²) in [7, 11) is 1.58. The average molecular weight is 391 g/mol. The van der Waals surface area contributed by atoms with E-state index in [0.717, 1.165) is 11.1 Å². The summed E-state index contributed by atoms with van der Waals surface area (Å²) >= 11 is 7.51. The molecule has 0 aliphatic heterocycles. The predicted octanol–water partition coefficient (Wildman–Crippen LogP) is 3.74. The molecule has 0 saturated carbocycles. The van der Waals surface area contributed by atoms with Gasteiger partial charge in [-0.25, -0.2) is 0 Å². The monoisotopic (exact) mass is 390 g/mol. The molecule has 6 heteroatoms. The van der Waals surface area contributed by atoms with Crippen LogP contribution >= 0.6 is 23.4 Å². The van der Waals surface area contributed by atoms with Crippen LogP contribution in [0.25, 0.3) is 0 Å². The van der Waals surface area contributed by atoms with E-state index in [1.807, 2.05) is 54.6 Å². The first-order valence-electron chi connectivity index (χ1n) is 8.38. The first-order chi connectivity index (χ1) is 12.5. The summed E-state index contributed by atoms with van der Waals surface area (Å²) in [5.74, 6) is 0.770. The number of halogens is 1. The number of nitrogens with one attached hydrogen (secondary N) is 1. The summed E-state index contributed by atoms with van der Waals surface area (Å²) < 4.78 is 0. The molecule has 0 unspecified atom stereocenters. The van der Waals surface area contributed by atoms with Crippen LogP contribution in [0.5, 0.6) is 0 Å². The molecule has 2 aromatic rings. The number of benzene rings is 2. The number of amides is 2. The average Bonchev–Trinajstić information content (AvgIpc) is 2.65. The number of rotatable bonds is 8.